The summed E-state index contributed by atoms with van der Waals surface area (Å²) in [5.74, 6) is 0. The van der Waals surface area contributed by atoms with Gasteiger partial charge in [-0.05, 0) is 37.6 Å². The molecule has 2 amide bonds. The van der Waals surface area contributed by atoms with Crippen molar-refractivity contribution in [2.75, 3.05) is 24.5 Å². The van der Waals surface area contributed by atoms with Crippen molar-refractivity contribution in [3.8, 4) is 0 Å². The van der Waals surface area contributed by atoms with Gasteiger partial charge in [-0.3, -0.25) is 4.90 Å². The van der Waals surface area contributed by atoms with E-state index >= 15 is 0 Å². The maximum absolute atomic E-state index is 12.8. The third-order valence-corrected chi connectivity index (χ3v) is 4.23. The molecule has 21 heavy (non-hydrogen) atoms. The van der Waals surface area contributed by atoms with Gasteiger partial charge in [0.05, 0.1) is 5.69 Å². The van der Waals surface area contributed by atoms with E-state index < -0.39 is 0 Å². The molecule has 3 nitrogen and oxygen atoms in total. The molecule has 0 aromatic heterocycles. The van der Waals surface area contributed by atoms with Gasteiger partial charge in [-0.15, -0.1) is 0 Å². The van der Waals surface area contributed by atoms with Crippen LogP contribution in [0.5, 0.6) is 0 Å². The summed E-state index contributed by atoms with van der Waals surface area (Å²) in [6.45, 7) is 4.52. The van der Waals surface area contributed by atoms with Crippen molar-refractivity contribution in [3.05, 3.63) is 42.5 Å². The van der Waals surface area contributed by atoms with Gasteiger partial charge >= 0.3 is 6.03 Å². The van der Waals surface area contributed by atoms with Crippen molar-refractivity contribution in [1.29, 1.82) is 0 Å². The van der Waals surface area contributed by atoms with Crippen LogP contribution in [0.25, 0.3) is 10.8 Å². The molecule has 0 aliphatic carbocycles. The van der Waals surface area contributed by atoms with Crippen LogP contribution >= 0.6 is 0 Å². The van der Waals surface area contributed by atoms with Crippen LogP contribution < -0.4 is 4.90 Å². The van der Waals surface area contributed by atoms with E-state index in [1.54, 1.807) is 0 Å². The van der Waals surface area contributed by atoms with Gasteiger partial charge in [-0.25, -0.2) is 4.79 Å². The van der Waals surface area contributed by atoms with Crippen LogP contribution in [0.4, 0.5) is 10.5 Å². The number of benzene rings is 2. The van der Waals surface area contributed by atoms with Crippen LogP contribution in [-0.4, -0.2) is 30.6 Å². The Kier molecular flexibility index (Phi) is 4.09. The third kappa shape index (κ3) is 2.73. The maximum atomic E-state index is 12.8. The van der Waals surface area contributed by atoms with E-state index in [2.05, 4.69) is 18.2 Å². The number of likely N-dealkylation sites (tertiary alicyclic amines) is 1. The van der Waals surface area contributed by atoms with E-state index in [-0.39, 0.29) is 6.03 Å². The van der Waals surface area contributed by atoms with Crippen molar-refractivity contribution < 1.29 is 4.79 Å². The molecule has 0 radical (unpaired) electrons. The maximum Gasteiger partial charge on any atom is 0.324 e. The smallest absolute Gasteiger partial charge is 0.324 e. The van der Waals surface area contributed by atoms with Gasteiger partial charge in [-0.2, -0.15) is 0 Å². The monoisotopic (exact) mass is 282 g/mol. The molecule has 2 aromatic rings. The molecule has 0 saturated carbocycles. The molecule has 0 unspecified atom stereocenters. The molecule has 110 valence electrons. The summed E-state index contributed by atoms with van der Waals surface area (Å²) < 4.78 is 0. The lowest BCUT2D eigenvalue weighted by Crippen LogP contribution is -2.45. The second kappa shape index (κ2) is 6.17. The van der Waals surface area contributed by atoms with Crippen molar-refractivity contribution in [2.24, 2.45) is 0 Å². The number of urea groups is 1. The van der Waals surface area contributed by atoms with E-state index in [1.807, 2.05) is 41.0 Å². The van der Waals surface area contributed by atoms with Crippen LogP contribution in [0.2, 0.25) is 0 Å². The molecule has 3 rings (SSSR count). The van der Waals surface area contributed by atoms with Gasteiger partial charge in [0.15, 0.2) is 0 Å². The fourth-order valence-electron chi connectivity index (χ4n) is 3.11. The Morgan fingerprint density at radius 2 is 1.76 bits per heavy atom. The molecule has 0 bridgehead atoms. The summed E-state index contributed by atoms with van der Waals surface area (Å²) in [4.78, 5) is 16.7. The topological polar surface area (TPSA) is 23.6 Å². The largest absolute Gasteiger partial charge is 0.324 e. The number of rotatable bonds is 2. The van der Waals surface area contributed by atoms with Crippen LogP contribution in [0.15, 0.2) is 42.5 Å². The average Bonchev–Trinajstić information content (AvgIpc) is 2.56. The highest BCUT2D eigenvalue weighted by Crippen LogP contribution is 2.27. The number of nitrogens with zero attached hydrogens (tertiary/aromatic N) is 2. The first-order valence-electron chi connectivity index (χ1n) is 7.85. The summed E-state index contributed by atoms with van der Waals surface area (Å²) in [6.07, 6.45) is 3.49. The first-order valence-corrected chi connectivity index (χ1v) is 7.85. The number of carbonyl (C=O) groups excluding carboxylic acids is 1. The predicted molar refractivity (Wildman–Crippen MR) is 87.8 cm³/mol. The van der Waals surface area contributed by atoms with Gasteiger partial charge in [0.25, 0.3) is 0 Å². The van der Waals surface area contributed by atoms with Crippen molar-refractivity contribution in [2.45, 2.75) is 26.2 Å². The Bertz CT molecular complexity index is 627. The molecule has 1 fully saturated rings. The average molecular weight is 282 g/mol. The lowest BCUT2D eigenvalue weighted by molar-refractivity contribution is 0.193. The van der Waals surface area contributed by atoms with Crippen LogP contribution in [0, 0.1) is 0 Å². The van der Waals surface area contributed by atoms with Gasteiger partial charge in [0.1, 0.15) is 0 Å². The SMILES string of the molecule is CCN(C(=O)N1CCCCC1)c1cccc2ccccc12. The van der Waals surface area contributed by atoms with Gasteiger partial charge in [0, 0.05) is 25.0 Å². The zero-order chi connectivity index (χ0) is 14.7. The van der Waals surface area contributed by atoms with Crippen LogP contribution in [0.1, 0.15) is 26.2 Å². The van der Waals surface area contributed by atoms with Crippen LogP contribution in [0.3, 0.4) is 0 Å². The van der Waals surface area contributed by atoms with Gasteiger partial charge in [-0.1, -0.05) is 36.4 Å². The van der Waals surface area contributed by atoms with Gasteiger partial charge < -0.3 is 4.90 Å². The third-order valence-electron chi connectivity index (χ3n) is 4.23. The summed E-state index contributed by atoms with van der Waals surface area (Å²) in [5, 5.41) is 2.33. The minimum Gasteiger partial charge on any atom is -0.324 e. The number of hydrogen-bond acceptors (Lipinski definition) is 1. The molecule has 1 aliphatic rings. The Labute approximate surface area is 126 Å². The molecule has 1 aliphatic heterocycles. The minimum atomic E-state index is 0.147. The van der Waals surface area contributed by atoms with E-state index in [4.69, 9.17) is 0 Å². The molecule has 2 aromatic carbocycles. The molecule has 0 atom stereocenters. The quantitative estimate of drug-likeness (QED) is 0.806. The van der Waals surface area contributed by atoms with E-state index in [0.717, 1.165) is 37.0 Å². The molecular weight excluding hydrogens is 260 g/mol. The summed E-state index contributed by atoms with van der Waals surface area (Å²) in [6, 6.07) is 14.6. The highest BCUT2D eigenvalue weighted by molar-refractivity contribution is 6.03. The Hall–Kier alpha value is -2.03. The number of fused-ring (bicyclic) bond motifs is 1. The fourth-order valence-corrected chi connectivity index (χ4v) is 3.11. The predicted octanol–water partition coefficient (Wildman–Crippen LogP) is 4.27. The molecule has 1 heterocycles. The fraction of sp³-hybridized carbons (Fsp3) is 0.389. The molecule has 1 saturated heterocycles. The van der Waals surface area contributed by atoms with E-state index in [1.165, 1.54) is 11.8 Å². The second-order valence-electron chi connectivity index (χ2n) is 5.57. The van der Waals surface area contributed by atoms with Crippen LogP contribution in [-0.2, 0) is 0 Å². The second-order valence-corrected chi connectivity index (χ2v) is 5.57. The summed E-state index contributed by atoms with van der Waals surface area (Å²) in [5.41, 5.74) is 1.02. The standard InChI is InChI=1S/C18H22N2O/c1-2-20(18(21)19-13-6-3-7-14-19)17-12-8-10-15-9-4-5-11-16(15)17/h4-5,8-12H,2-3,6-7,13-14H2,1H3. The molecule has 3 heteroatoms. The van der Waals surface area contributed by atoms with Crippen molar-refractivity contribution in [3.63, 3.8) is 0 Å². The minimum absolute atomic E-state index is 0.147. The normalized spacial score (nSPS) is 15.2. The zero-order valence-corrected chi connectivity index (χ0v) is 12.6. The molecule has 0 spiro atoms. The number of piperidine rings is 1. The Morgan fingerprint density at radius 1 is 1.05 bits per heavy atom. The highest BCUT2D eigenvalue weighted by Gasteiger charge is 2.23. The number of carbonyl (C=O) groups is 1. The zero-order valence-electron chi connectivity index (χ0n) is 12.6. The van der Waals surface area contributed by atoms with Crippen molar-refractivity contribution >= 4 is 22.5 Å². The highest BCUT2D eigenvalue weighted by atomic mass is 16.2. The number of amides is 2. The molecule has 0 N–H and O–H groups in total. The number of hydrogen-bond donors (Lipinski definition) is 0. The van der Waals surface area contributed by atoms with E-state index in [0.29, 0.717) is 6.54 Å². The lowest BCUT2D eigenvalue weighted by atomic mass is 10.1. The Morgan fingerprint density at radius 3 is 2.52 bits per heavy atom. The molecular formula is C18H22N2O. The number of anilines is 1. The first kappa shape index (κ1) is 13.9. The van der Waals surface area contributed by atoms with E-state index in [9.17, 15) is 4.79 Å². The summed E-state index contributed by atoms with van der Waals surface area (Å²) in [7, 11) is 0. The van der Waals surface area contributed by atoms with Gasteiger partial charge in [0.2, 0.25) is 0 Å². The van der Waals surface area contributed by atoms with Crippen molar-refractivity contribution in [1.82, 2.24) is 4.90 Å². The first-order chi connectivity index (χ1) is 10.3. The summed E-state index contributed by atoms with van der Waals surface area (Å²) >= 11 is 0. The Balaban J connectivity index is 1.96. The lowest BCUT2D eigenvalue weighted by Gasteiger charge is -2.33.